The van der Waals surface area contributed by atoms with Crippen molar-refractivity contribution in [1.29, 1.82) is 0 Å². The van der Waals surface area contributed by atoms with Gasteiger partial charge in [0, 0.05) is 31.2 Å². The van der Waals surface area contributed by atoms with Crippen LogP contribution in [0, 0.1) is 5.82 Å². The van der Waals surface area contributed by atoms with Crippen LogP contribution in [0.25, 0.3) is 0 Å². The fourth-order valence-corrected chi connectivity index (χ4v) is 3.55. The zero-order chi connectivity index (χ0) is 18.1. The molecule has 2 heterocycles. The van der Waals surface area contributed by atoms with Crippen LogP contribution in [0.1, 0.15) is 47.8 Å². The highest BCUT2D eigenvalue weighted by Gasteiger charge is 2.28. The maximum Gasteiger partial charge on any atom is 0.256 e. The fourth-order valence-electron chi connectivity index (χ4n) is 3.25. The molecule has 2 aliphatic rings. The maximum absolute atomic E-state index is 13.8. The van der Waals surface area contributed by atoms with Gasteiger partial charge in [0.1, 0.15) is 17.5 Å². The van der Waals surface area contributed by atoms with Gasteiger partial charge in [-0.3, -0.25) is 4.79 Å². The molecule has 7 heteroatoms. The van der Waals surface area contributed by atoms with Crippen LogP contribution in [0.4, 0.5) is 10.2 Å². The molecule has 5 nitrogen and oxygen atoms in total. The van der Waals surface area contributed by atoms with Crippen LogP contribution in [-0.4, -0.2) is 39.9 Å². The number of nitrogens with zero attached hydrogens (tertiary/aromatic N) is 3. The summed E-state index contributed by atoms with van der Waals surface area (Å²) in [4.78, 5) is 23.3. The van der Waals surface area contributed by atoms with Gasteiger partial charge in [-0.15, -0.1) is 0 Å². The average molecular weight is 419 g/mol. The van der Waals surface area contributed by atoms with E-state index in [4.69, 9.17) is 0 Å². The van der Waals surface area contributed by atoms with E-state index in [1.165, 1.54) is 6.07 Å². The molecule has 0 bridgehead atoms. The number of halogens is 2. The van der Waals surface area contributed by atoms with E-state index < -0.39 is 5.82 Å². The number of carbonyl (C=O) groups excluding carboxylic acids is 1. The molecule has 1 N–H and O–H groups in total. The van der Waals surface area contributed by atoms with E-state index in [1.807, 2.05) is 0 Å². The lowest BCUT2D eigenvalue weighted by molar-refractivity contribution is 0.0713. The molecule has 136 valence electrons. The molecule has 1 saturated heterocycles. The van der Waals surface area contributed by atoms with Gasteiger partial charge in [0.05, 0.1) is 10.0 Å². The van der Waals surface area contributed by atoms with Gasteiger partial charge in [-0.2, -0.15) is 0 Å². The third kappa shape index (κ3) is 3.72. The fraction of sp³-hybridized carbons (Fsp3) is 0.421. The van der Waals surface area contributed by atoms with Gasteiger partial charge in [0.25, 0.3) is 5.91 Å². The van der Waals surface area contributed by atoms with Crippen LogP contribution < -0.4 is 5.32 Å². The minimum atomic E-state index is -0.463. The maximum atomic E-state index is 13.8. The Bertz CT molecular complexity index is 819. The molecule has 1 aromatic heterocycles. The molecule has 0 atom stereocenters. The van der Waals surface area contributed by atoms with Gasteiger partial charge in [-0.25, -0.2) is 14.4 Å². The standard InChI is InChI=1S/C19H20BrFN4O/c20-15-11-22-17(12-5-6-12)24-18(15)23-13-7-9-25(10-8-13)19(26)14-3-1-2-4-16(14)21/h1-4,11-13H,5-10H2,(H,22,23,24). The van der Waals surface area contributed by atoms with E-state index in [0.717, 1.165) is 41.8 Å². The molecular weight excluding hydrogens is 399 g/mol. The van der Waals surface area contributed by atoms with Crippen molar-refractivity contribution in [3.63, 3.8) is 0 Å². The van der Waals surface area contributed by atoms with Crippen molar-refractivity contribution in [2.45, 2.75) is 37.6 Å². The van der Waals surface area contributed by atoms with Crippen molar-refractivity contribution in [3.05, 3.63) is 52.1 Å². The van der Waals surface area contributed by atoms with Crippen molar-refractivity contribution in [2.24, 2.45) is 0 Å². The van der Waals surface area contributed by atoms with Gasteiger partial charge in [0.2, 0.25) is 0 Å². The van der Waals surface area contributed by atoms with Crippen LogP contribution in [0.3, 0.4) is 0 Å². The van der Waals surface area contributed by atoms with E-state index in [-0.39, 0.29) is 17.5 Å². The number of piperidine rings is 1. The minimum Gasteiger partial charge on any atom is -0.366 e. The largest absolute Gasteiger partial charge is 0.366 e. The van der Waals surface area contributed by atoms with Crippen LogP contribution in [-0.2, 0) is 0 Å². The normalized spacial score (nSPS) is 18.0. The second-order valence-corrected chi connectivity index (χ2v) is 7.74. The Balaban J connectivity index is 1.37. The van der Waals surface area contributed by atoms with E-state index in [9.17, 15) is 9.18 Å². The minimum absolute atomic E-state index is 0.145. The highest BCUT2D eigenvalue weighted by atomic mass is 79.9. The number of likely N-dealkylation sites (tertiary alicyclic amines) is 1. The number of carbonyl (C=O) groups is 1. The first kappa shape index (κ1) is 17.4. The molecule has 1 amide bonds. The summed E-state index contributed by atoms with van der Waals surface area (Å²) >= 11 is 3.51. The lowest BCUT2D eigenvalue weighted by Crippen LogP contribution is -2.42. The number of rotatable bonds is 4. The van der Waals surface area contributed by atoms with Crippen LogP contribution in [0.15, 0.2) is 34.9 Å². The molecule has 1 aliphatic heterocycles. The van der Waals surface area contributed by atoms with Gasteiger partial charge >= 0.3 is 0 Å². The monoisotopic (exact) mass is 418 g/mol. The third-order valence-electron chi connectivity index (χ3n) is 4.93. The van der Waals surface area contributed by atoms with E-state index in [2.05, 4.69) is 31.2 Å². The zero-order valence-corrected chi connectivity index (χ0v) is 15.9. The predicted octanol–water partition coefficient (Wildman–Crippen LogP) is 3.97. The molecule has 2 aromatic rings. The van der Waals surface area contributed by atoms with Crippen molar-refractivity contribution in [2.75, 3.05) is 18.4 Å². The summed E-state index contributed by atoms with van der Waals surface area (Å²) in [6.07, 6.45) is 5.74. The van der Waals surface area contributed by atoms with Gasteiger partial charge < -0.3 is 10.2 Å². The number of amides is 1. The number of aromatic nitrogens is 2. The summed E-state index contributed by atoms with van der Waals surface area (Å²) in [5.41, 5.74) is 0.145. The first-order valence-electron chi connectivity index (χ1n) is 8.94. The molecule has 26 heavy (non-hydrogen) atoms. The molecule has 1 aromatic carbocycles. The van der Waals surface area contributed by atoms with Crippen molar-refractivity contribution >= 4 is 27.7 Å². The Morgan fingerprint density at radius 3 is 2.62 bits per heavy atom. The van der Waals surface area contributed by atoms with E-state index >= 15 is 0 Å². The smallest absolute Gasteiger partial charge is 0.256 e. The van der Waals surface area contributed by atoms with Crippen LogP contribution >= 0.6 is 15.9 Å². The number of hydrogen-bond acceptors (Lipinski definition) is 4. The predicted molar refractivity (Wildman–Crippen MR) is 101 cm³/mol. The second kappa shape index (κ2) is 7.31. The molecule has 4 rings (SSSR count). The Hall–Kier alpha value is -2.02. The van der Waals surface area contributed by atoms with E-state index in [0.29, 0.717) is 19.0 Å². The van der Waals surface area contributed by atoms with Crippen molar-refractivity contribution in [3.8, 4) is 0 Å². The molecule has 0 radical (unpaired) electrons. The van der Waals surface area contributed by atoms with Crippen molar-refractivity contribution in [1.82, 2.24) is 14.9 Å². The first-order valence-corrected chi connectivity index (χ1v) is 9.74. The lowest BCUT2D eigenvalue weighted by atomic mass is 10.0. The summed E-state index contributed by atoms with van der Waals surface area (Å²) in [6, 6.07) is 6.38. The van der Waals surface area contributed by atoms with Gasteiger partial charge in [-0.05, 0) is 53.7 Å². The summed E-state index contributed by atoms with van der Waals surface area (Å²) < 4.78 is 14.7. The lowest BCUT2D eigenvalue weighted by Gasteiger charge is -2.33. The molecule has 1 aliphatic carbocycles. The summed E-state index contributed by atoms with van der Waals surface area (Å²) in [6.45, 7) is 1.20. The molecule has 0 unspecified atom stereocenters. The Morgan fingerprint density at radius 1 is 1.19 bits per heavy atom. The zero-order valence-electron chi connectivity index (χ0n) is 14.3. The second-order valence-electron chi connectivity index (χ2n) is 6.89. The molecular formula is C19H20BrFN4O. The Kier molecular flexibility index (Phi) is 4.89. The molecule has 0 spiro atoms. The summed E-state index contributed by atoms with van der Waals surface area (Å²) in [5.74, 6) is 1.53. The Morgan fingerprint density at radius 2 is 1.92 bits per heavy atom. The number of hydrogen-bond donors (Lipinski definition) is 1. The van der Waals surface area contributed by atoms with Gasteiger partial charge in [-0.1, -0.05) is 12.1 Å². The first-order chi connectivity index (χ1) is 12.6. The highest BCUT2D eigenvalue weighted by molar-refractivity contribution is 9.10. The number of anilines is 1. The number of nitrogens with one attached hydrogen (secondary N) is 1. The quantitative estimate of drug-likeness (QED) is 0.815. The summed E-state index contributed by atoms with van der Waals surface area (Å²) in [7, 11) is 0. The topological polar surface area (TPSA) is 58.1 Å². The average Bonchev–Trinajstić information content (AvgIpc) is 3.49. The summed E-state index contributed by atoms with van der Waals surface area (Å²) in [5, 5.41) is 3.47. The van der Waals surface area contributed by atoms with Crippen LogP contribution in [0.2, 0.25) is 0 Å². The van der Waals surface area contributed by atoms with E-state index in [1.54, 1.807) is 29.3 Å². The SMILES string of the molecule is O=C(c1ccccc1F)N1CCC(Nc2nc(C3CC3)ncc2Br)CC1. The molecule has 1 saturated carbocycles. The van der Waals surface area contributed by atoms with Crippen molar-refractivity contribution < 1.29 is 9.18 Å². The Labute approximate surface area is 160 Å². The molecule has 2 fully saturated rings. The highest BCUT2D eigenvalue weighted by Crippen LogP contribution is 2.39. The third-order valence-corrected chi connectivity index (χ3v) is 5.51. The number of benzene rings is 1. The van der Waals surface area contributed by atoms with Crippen LogP contribution in [0.5, 0.6) is 0 Å². The van der Waals surface area contributed by atoms with Gasteiger partial charge in [0.15, 0.2) is 0 Å².